The summed E-state index contributed by atoms with van der Waals surface area (Å²) in [6.45, 7) is 8.75. The third-order valence-corrected chi connectivity index (χ3v) is 14.7. The lowest BCUT2D eigenvalue weighted by Gasteiger charge is -2.52. The molecule has 56 heavy (non-hydrogen) atoms. The Kier molecular flexibility index (Phi) is 10.4. The number of benzene rings is 1. The van der Waals surface area contributed by atoms with Crippen LogP contribution in [0.15, 0.2) is 30.4 Å². The van der Waals surface area contributed by atoms with Gasteiger partial charge in [-0.15, -0.1) is 0 Å². The topological polar surface area (TPSA) is 200 Å². The highest BCUT2D eigenvalue weighted by Gasteiger charge is 2.59. The zero-order valence-electron chi connectivity index (χ0n) is 32.9. The van der Waals surface area contributed by atoms with Gasteiger partial charge in [0.2, 0.25) is 21.8 Å². The van der Waals surface area contributed by atoms with Crippen molar-refractivity contribution in [1.82, 2.24) is 25.2 Å². The predicted octanol–water partition coefficient (Wildman–Crippen LogP) is 4.55. The molecule has 4 heterocycles. The van der Waals surface area contributed by atoms with Gasteiger partial charge >= 0.3 is 6.09 Å². The van der Waals surface area contributed by atoms with E-state index in [0.717, 1.165) is 35.7 Å². The number of rotatable bonds is 5. The van der Waals surface area contributed by atoms with Crippen LogP contribution in [0.1, 0.15) is 115 Å². The van der Waals surface area contributed by atoms with Crippen molar-refractivity contribution in [3.05, 3.63) is 47.2 Å². The van der Waals surface area contributed by atoms with Gasteiger partial charge in [0.1, 0.15) is 35.3 Å². The molecule has 1 saturated heterocycles. The van der Waals surface area contributed by atoms with Crippen LogP contribution in [0.25, 0.3) is 10.9 Å². The van der Waals surface area contributed by atoms with Crippen molar-refractivity contribution in [3.8, 4) is 11.8 Å². The summed E-state index contributed by atoms with van der Waals surface area (Å²) in [6.07, 6.45) is 7.87. The Labute approximate surface area is 328 Å². The van der Waals surface area contributed by atoms with E-state index in [0.29, 0.717) is 68.4 Å². The van der Waals surface area contributed by atoms with Gasteiger partial charge in [0.05, 0.1) is 39.7 Å². The van der Waals surface area contributed by atoms with Crippen molar-refractivity contribution in [3.63, 3.8) is 0 Å². The quantitative estimate of drug-likeness (QED) is 0.246. The molecule has 1 spiro atoms. The van der Waals surface area contributed by atoms with E-state index in [-0.39, 0.29) is 18.9 Å². The monoisotopic (exact) mass is 790 g/mol. The van der Waals surface area contributed by atoms with E-state index < -0.39 is 67.7 Å². The number of nitrogens with one attached hydrogen (secondary N) is 3. The molecule has 2 saturated carbocycles. The number of aryl methyl sites for hydroxylation is 2. The average molecular weight is 791 g/mol. The van der Waals surface area contributed by atoms with Crippen LogP contribution in [0.3, 0.4) is 0 Å². The van der Waals surface area contributed by atoms with Gasteiger partial charge in [-0.3, -0.25) is 9.59 Å². The third kappa shape index (κ3) is 7.59. The normalized spacial score (nSPS) is 30.2. The Morgan fingerprint density at radius 3 is 2.61 bits per heavy atom. The van der Waals surface area contributed by atoms with Gasteiger partial charge in [-0.25, -0.2) is 18.2 Å². The molecule has 4 N–H and O–H groups in total. The molecule has 15 heteroatoms. The fourth-order valence-electron chi connectivity index (χ4n) is 8.75. The minimum Gasteiger partial charge on any atom is -0.483 e. The maximum absolute atomic E-state index is 14.8. The van der Waals surface area contributed by atoms with Crippen LogP contribution in [0.4, 0.5) is 4.79 Å². The molecule has 1 aromatic heterocycles. The van der Waals surface area contributed by atoms with E-state index in [1.165, 1.54) is 4.90 Å². The molecule has 6 atom stereocenters. The molecule has 1 unspecified atom stereocenters. The lowest BCUT2D eigenvalue weighted by Crippen LogP contribution is -2.72. The number of nitrogens with zero attached hydrogens (tertiary/aromatic N) is 3. The summed E-state index contributed by atoms with van der Waals surface area (Å²) in [7, 11) is -3.92. The summed E-state index contributed by atoms with van der Waals surface area (Å²) in [4.78, 5) is 49.0. The second-order valence-electron chi connectivity index (χ2n) is 17.7. The van der Waals surface area contributed by atoms with Crippen molar-refractivity contribution >= 4 is 38.8 Å². The van der Waals surface area contributed by atoms with Crippen molar-refractivity contribution < 1.29 is 37.4 Å². The highest BCUT2D eigenvalue weighted by molar-refractivity contribution is 7.91. The number of sulfonamides is 1. The van der Waals surface area contributed by atoms with Crippen molar-refractivity contribution in [2.45, 2.75) is 151 Å². The minimum absolute atomic E-state index is 0.0371. The first-order valence-electron chi connectivity index (χ1n) is 19.9. The van der Waals surface area contributed by atoms with Crippen LogP contribution in [-0.2, 0) is 30.8 Å². The number of aliphatic hydroxyl groups is 1. The molecular weight excluding hydrogens is 737 g/mol. The van der Waals surface area contributed by atoms with Crippen LogP contribution in [0, 0.1) is 24.2 Å². The molecule has 2 aliphatic carbocycles. The van der Waals surface area contributed by atoms with E-state index in [1.807, 2.05) is 25.1 Å². The molecule has 1 aromatic carbocycles. The second kappa shape index (κ2) is 14.6. The lowest BCUT2D eigenvalue weighted by molar-refractivity contribution is -0.143. The van der Waals surface area contributed by atoms with E-state index in [1.54, 1.807) is 39.8 Å². The third-order valence-electron chi connectivity index (χ3n) is 12.4. The smallest absolute Gasteiger partial charge is 0.408 e. The summed E-state index contributed by atoms with van der Waals surface area (Å²) >= 11 is 0. The van der Waals surface area contributed by atoms with Gasteiger partial charge in [-0.2, -0.15) is 9.98 Å². The number of amides is 3. The second-order valence-corrected chi connectivity index (χ2v) is 20.0. The van der Waals surface area contributed by atoms with E-state index >= 15 is 0 Å². The van der Waals surface area contributed by atoms with Crippen molar-refractivity contribution in [2.24, 2.45) is 5.92 Å². The fraction of sp³-hybridized carbons (Fsp3) is 0.634. The van der Waals surface area contributed by atoms with Gasteiger partial charge in [0.25, 0.3) is 0 Å². The molecule has 3 aliphatic heterocycles. The van der Waals surface area contributed by atoms with E-state index in [2.05, 4.69) is 21.4 Å². The summed E-state index contributed by atoms with van der Waals surface area (Å²) in [5.41, 5.74) is -0.387. The van der Waals surface area contributed by atoms with Crippen molar-refractivity contribution in [1.29, 1.82) is 5.26 Å². The van der Waals surface area contributed by atoms with Crippen LogP contribution < -0.4 is 20.1 Å². The standard InChI is InChI=1S/C41H54N6O8S/c1-25-33-28(29-21-26(23-42)13-14-30(29)43-25)16-17-40(54-33)22-32-34(48)45-41(36(50)46-56(52,53)39(5)19-20-39)18-15-27(41)11-9-7-6-8-10-12-31(35(49)47(32)24-40)44-37(51)55-38(2,3)4/h9,11,13-14,21,27,31-32,36,46,50H,6-8,10,12,15-20,22,24H2,1-5H3,(H,44,51)(H,45,48)/b11-9-/t27-,31+,32+,36?,40-,41-/m1/s1. The maximum atomic E-state index is 14.8. The molecule has 2 aromatic rings. The molecule has 0 bridgehead atoms. The van der Waals surface area contributed by atoms with Crippen LogP contribution in [-0.4, -0.2) is 87.7 Å². The SMILES string of the molecule is Cc1nc2ccc(C#N)cc2c2c1O[C@]1(CC2)C[C@H]2C(=O)N[C@]3(C(O)NS(=O)(=O)C4(C)CC4)CC[C@H]3/C=C\CCCCC[C@H](NC(=O)OC(C)(C)C)C(=O)N2C1. The summed E-state index contributed by atoms with van der Waals surface area (Å²) in [5, 5.41) is 28.1. The molecule has 5 aliphatic rings. The molecule has 7 rings (SSSR count). The van der Waals surface area contributed by atoms with E-state index in [4.69, 9.17) is 14.5 Å². The van der Waals surface area contributed by atoms with Crippen molar-refractivity contribution in [2.75, 3.05) is 6.54 Å². The fourth-order valence-corrected chi connectivity index (χ4v) is 10.2. The number of aromatic nitrogens is 1. The minimum atomic E-state index is -3.92. The average Bonchev–Trinajstić information content (AvgIpc) is 3.79. The zero-order valence-corrected chi connectivity index (χ0v) is 33.8. The van der Waals surface area contributed by atoms with Crippen LogP contribution in [0.5, 0.6) is 5.75 Å². The molecule has 0 radical (unpaired) electrons. The van der Waals surface area contributed by atoms with Gasteiger partial charge in [0.15, 0.2) is 0 Å². The Morgan fingerprint density at radius 2 is 1.93 bits per heavy atom. The largest absolute Gasteiger partial charge is 0.483 e. The van der Waals surface area contributed by atoms with Crippen LogP contribution >= 0.6 is 0 Å². The highest BCUT2D eigenvalue weighted by atomic mass is 32.2. The van der Waals surface area contributed by atoms with Gasteiger partial charge < -0.3 is 30.1 Å². The number of alkyl carbamates (subject to hydrolysis) is 1. The van der Waals surface area contributed by atoms with E-state index in [9.17, 15) is 33.2 Å². The Morgan fingerprint density at radius 1 is 1.16 bits per heavy atom. The predicted molar refractivity (Wildman–Crippen MR) is 208 cm³/mol. The number of carbonyl (C=O) groups excluding carboxylic acids is 3. The lowest BCUT2D eigenvalue weighted by atomic mass is 9.65. The number of allylic oxidation sites excluding steroid dienone is 1. The highest BCUT2D eigenvalue weighted by Crippen LogP contribution is 2.48. The number of hydrogen-bond acceptors (Lipinski definition) is 10. The van der Waals surface area contributed by atoms with Gasteiger partial charge in [0, 0.05) is 23.3 Å². The number of hydrogen-bond donors (Lipinski definition) is 4. The molecule has 302 valence electrons. The molecule has 14 nitrogen and oxygen atoms in total. The van der Waals surface area contributed by atoms with Crippen LogP contribution in [0.2, 0.25) is 0 Å². The number of carbonyl (C=O) groups is 3. The number of ether oxygens (including phenoxy) is 2. The maximum Gasteiger partial charge on any atom is 0.408 e. The number of nitriles is 1. The zero-order chi connectivity index (χ0) is 40.3. The molecule has 3 fully saturated rings. The summed E-state index contributed by atoms with van der Waals surface area (Å²) in [6, 6.07) is 5.46. The van der Waals surface area contributed by atoms with Gasteiger partial charge in [-0.05, 0) is 111 Å². The Bertz CT molecular complexity index is 2110. The number of fused-ring (bicyclic) bond motifs is 5. The first-order chi connectivity index (χ1) is 26.4. The summed E-state index contributed by atoms with van der Waals surface area (Å²) < 4.78 is 40.7. The first kappa shape index (κ1) is 40.0. The number of aliphatic hydroxyl groups excluding tert-OH is 1. The summed E-state index contributed by atoms with van der Waals surface area (Å²) in [5.74, 6) is -0.807. The molecular formula is C41H54N6O8S. The Hall–Kier alpha value is -4.26. The first-order valence-corrected chi connectivity index (χ1v) is 21.4. The Balaban J connectivity index is 1.25. The number of pyridine rings is 1. The molecule has 3 amide bonds. The van der Waals surface area contributed by atoms with Gasteiger partial charge in [-0.1, -0.05) is 25.0 Å².